The average Bonchev–Trinajstić information content (AvgIpc) is 3.32. The molecule has 0 radical (unpaired) electrons. The van der Waals surface area contributed by atoms with Gasteiger partial charge in [0.25, 0.3) is 0 Å². The summed E-state index contributed by atoms with van der Waals surface area (Å²) in [5.74, 6) is -1.29. The van der Waals surface area contributed by atoms with Gasteiger partial charge in [0.2, 0.25) is 11.8 Å². The molecule has 1 aliphatic rings. The first kappa shape index (κ1) is 31.7. The van der Waals surface area contributed by atoms with Crippen LogP contribution >= 0.6 is 0 Å². The minimum atomic E-state index is -0.709. The highest BCUT2D eigenvalue weighted by molar-refractivity contribution is 5.90. The van der Waals surface area contributed by atoms with Crippen molar-refractivity contribution in [1.82, 2.24) is 20.5 Å². The van der Waals surface area contributed by atoms with Crippen LogP contribution in [0.2, 0.25) is 0 Å². The van der Waals surface area contributed by atoms with Crippen LogP contribution < -0.4 is 10.6 Å². The van der Waals surface area contributed by atoms with Crippen LogP contribution in [0.25, 0.3) is 11.3 Å². The monoisotopic (exact) mass is 546 g/mol. The lowest BCUT2D eigenvalue weighted by Gasteiger charge is -2.26. The molecular formula is C29H40F2N4O4. The predicted octanol–water partition coefficient (Wildman–Crippen LogP) is 5.38. The molecule has 2 heterocycles. The number of amides is 3. The van der Waals surface area contributed by atoms with Crippen molar-refractivity contribution in [3.05, 3.63) is 53.7 Å². The SMILES string of the molecule is CC(C)C.CC(NC(=O)C1CCCN1C(=O)CNC(=O)OC(C)(C)C)c1ccc(-c2c(F)cccc2F)nc1. The summed E-state index contributed by atoms with van der Waals surface area (Å²) in [6, 6.07) is 5.62. The predicted molar refractivity (Wildman–Crippen MR) is 146 cm³/mol. The summed E-state index contributed by atoms with van der Waals surface area (Å²) in [7, 11) is 0. The summed E-state index contributed by atoms with van der Waals surface area (Å²) >= 11 is 0. The minimum absolute atomic E-state index is 0.146. The topological polar surface area (TPSA) is 101 Å². The number of likely N-dealkylation sites (tertiary alicyclic amines) is 1. The van der Waals surface area contributed by atoms with E-state index in [1.54, 1.807) is 33.8 Å². The van der Waals surface area contributed by atoms with Crippen molar-refractivity contribution in [2.45, 2.75) is 79.0 Å². The van der Waals surface area contributed by atoms with E-state index in [4.69, 9.17) is 4.74 Å². The second kappa shape index (κ2) is 14.0. The summed E-state index contributed by atoms with van der Waals surface area (Å²) in [6.45, 7) is 13.6. The first-order valence-corrected chi connectivity index (χ1v) is 13.2. The normalized spacial score (nSPS) is 15.7. The van der Waals surface area contributed by atoms with E-state index in [2.05, 4.69) is 36.4 Å². The molecule has 10 heteroatoms. The molecular weight excluding hydrogens is 506 g/mol. The zero-order valence-corrected chi connectivity index (χ0v) is 23.8. The van der Waals surface area contributed by atoms with Gasteiger partial charge in [0.15, 0.2) is 0 Å². The van der Waals surface area contributed by atoms with E-state index in [-0.39, 0.29) is 29.6 Å². The van der Waals surface area contributed by atoms with Crippen LogP contribution in [-0.2, 0) is 14.3 Å². The molecule has 2 N–H and O–H groups in total. The first-order valence-electron chi connectivity index (χ1n) is 13.2. The van der Waals surface area contributed by atoms with Gasteiger partial charge in [-0.05, 0) is 70.2 Å². The number of aromatic nitrogens is 1. The third kappa shape index (κ3) is 9.92. The molecule has 1 fully saturated rings. The molecule has 1 saturated heterocycles. The third-order valence-electron chi connectivity index (χ3n) is 5.52. The highest BCUT2D eigenvalue weighted by Crippen LogP contribution is 2.25. The van der Waals surface area contributed by atoms with Crippen molar-refractivity contribution in [2.75, 3.05) is 13.1 Å². The summed E-state index contributed by atoms with van der Waals surface area (Å²) in [6.07, 6.45) is 1.91. The largest absolute Gasteiger partial charge is 0.444 e. The fourth-order valence-electron chi connectivity index (χ4n) is 3.85. The van der Waals surface area contributed by atoms with Crippen molar-refractivity contribution in [3.8, 4) is 11.3 Å². The van der Waals surface area contributed by atoms with Gasteiger partial charge in [-0.15, -0.1) is 0 Å². The van der Waals surface area contributed by atoms with Gasteiger partial charge in [0, 0.05) is 12.7 Å². The van der Waals surface area contributed by atoms with Gasteiger partial charge in [-0.3, -0.25) is 14.6 Å². The van der Waals surface area contributed by atoms with Crippen LogP contribution in [0.3, 0.4) is 0 Å². The lowest BCUT2D eigenvalue weighted by atomic mass is 10.1. The van der Waals surface area contributed by atoms with E-state index in [1.807, 2.05) is 0 Å². The fourth-order valence-corrected chi connectivity index (χ4v) is 3.85. The van der Waals surface area contributed by atoms with Crippen molar-refractivity contribution < 1.29 is 27.9 Å². The van der Waals surface area contributed by atoms with Gasteiger partial charge in [-0.25, -0.2) is 13.6 Å². The van der Waals surface area contributed by atoms with Gasteiger partial charge in [0.1, 0.15) is 29.8 Å². The zero-order chi connectivity index (χ0) is 29.3. The van der Waals surface area contributed by atoms with Gasteiger partial charge in [-0.2, -0.15) is 0 Å². The lowest BCUT2D eigenvalue weighted by Crippen LogP contribution is -2.49. The summed E-state index contributed by atoms with van der Waals surface area (Å²) < 4.78 is 33.2. The van der Waals surface area contributed by atoms with Crippen LogP contribution in [0, 0.1) is 17.6 Å². The van der Waals surface area contributed by atoms with Crippen molar-refractivity contribution in [1.29, 1.82) is 0 Å². The standard InChI is InChI=1S/C25H30F2N4O4.C4H10/c1-15(16-10-11-19(28-13-16)22-17(26)7-5-8-18(22)27)30-23(33)20-9-6-12-31(20)21(32)14-29-24(34)35-25(2,3)4;1-4(2)3/h5,7-8,10-11,13,15,20H,6,9,12,14H2,1-4H3,(H,29,34)(H,30,33);4H,1-3H3. The first-order chi connectivity index (χ1) is 18.2. The third-order valence-corrected chi connectivity index (χ3v) is 5.52. The maximum Gasteiger partial charge on any atom is 0.408 e. The summed E-state index contributed by atoms with van der Waals surface area (Å²) in [4.78, 5) is 42.9. The lowest BCUT2D eigenvalue weighted by molar-refractivity contribution is -0.138. The van der Waals surface area contributed by atoms with E-state index < -0.39 is 35.4 Å². The molecule has 0 aliphatic carbocycles. The molecule has 0 bridgehead atoms. The number of rotatable bonds is 6. The van der Waals surface area contributed by atoms with Crippen LogP contribution in [0.5, 0.6) is 0 Å². The maximum absolute atomic E-state index is 14.0. The number of benzene rings is 1. The van der Waals surface area contributed by atoms with Crippen LogP contribution in [0.15, 0.2) is 36.5 Å². The Kier molecular flexibility index (Phi) is 11.4. The Morgan fingerprint density at radius 3 is 2.23 bits per heavy atom. The molecule has 2 aromatic rings. The molecule has 1 aliphatic heterocycles. The Labute approximate surface area is 229 Å². The number of ether oxygens (including phenoxy) is 1. The van der Waals surface area contributed by atoms with Crippen LogP contribution in [0.4, 0.5) is 13.6 Å². The fraction of sp³-hybridized carbons (Fsp3) is 0.517. The molecule has 8 nitrogen and oxygen atoms in total. The number of pyridine rings is 1. The highest BCUT2D eigenvalue weighted by Gasteiger charge is 2.34. The molecule has 1 aromatic carbocycles. The molecule has 3 amide bonds. The summed E-state index contributed by atoms with van der Waals surface area (Å²) in [5, 5.41) is 5.29. The number of nitrogens with zero attached hydrogens (tertiary/aromatic N) is 2. The van der Waals surface area contributed by atoms with Gasteiger partial charge in [-0.1, -0.05) is 32.9 Å². The quantitative estimate of drug-likeness (QED) is 0.507. The molecule has 2 atom stereocenters. The number of halogens is 2. The Balaban J connectivity index is 0.00000124. The second-order valence-electron chi connectivity index (χ2n) is 11.1. The van der Waals surface area contributed by atoms with Crippen molar-refractivity contribution in [3.63, 3.8) is 0 Å². The Morgan fingerprint density at radius 2 is 1.69 bits per heavy atom. The summed E-state index contributed by atoms with van der Waals surface area (Å²) in [5.41, 5.74) is -0.111. The Morgan fingerprint density at radius 1 is 1.08 bits per heavy atom. The van der Waals surface area contributed by atoms with E-state index in [1.165, 1.54) is 23.2 Å². The van der Waals surface area contributed by atoms with Gasteiger partial charge < -0.3 is 20.3 Å². The smallest absolute Gasteiger partial charge is 0.408 e. The van der Waals surface area contributed by atoms with E-state index in [0.29, 0.717) is 24.9 Å². The number of nitrogens with one attached hydrogen (secondary N) is 2. The Bertz CT molecular complexity index is 1110. The second-order valence-corrected chi connectivity index (χ2v) is 11.1. The average molecular weight is 547 g/mol. The van der Waals surface area contributed by atoms with Crippen molar-refractivity contribution >= 4 is 17.9 Å². The maximum atomic E-state index is 14.0. The molecule has 1 aromatic heterocycles. The van der Waals surface area contributed by atoms with E-state index in [0.717, 1.165) is 18.1 Å². The van der Waals surface area contributed by atoms with Crippen LogP contribution in [0.1, 0.15) is 72.9 Å². The van der Waals surface area contributed by atoms with E-state index in [9.17, 15) is 23.2 Å². The molecule has 3 rings (SSSR count). The van der Waals surface area contributed by atoms with Gasteiger partial charge >= 0.3 is 6.09 Å². The number of carbonyl (C=O) groups excluding carboxylic acids is 3. The molecule has 2 unspecified atom stereocenters. The molecule has 214 valence electrons. The number of carbonyl (C=O) groups is 3. The van der Waals surface area contributed by atoms with E-state index >= 15 is 0 Å². The minimum Gasteiger partial charge on any atom is -0.444 e. The number of hydrogen-bond donors (Lipinski definition) is 2. The molecule has 0 saturated carbocycles. The number of hydrogen-bond acceptors (Lipinski definition) is 5. The Hall–Kier alpha value is -3.56. The molecule has 39 heavy (non-hydrogen) atoms. The zero-order valence-electron chi connectivity index (χ0n) is 23.8. The molecule has 0 spiro atoms. The van der Waals surface area contributed by atoms with Gasteiger partial charge in [0.05, 0.1) is 17.3 Å². The van der Waals surface area contributed by atoms with Crippen LogP contribution in [-0.4, -0.2) is 52.5 Å². The highest BCUT2D eigenvalue weighted by atomic mass is 19.1. The number of alkyl carbamates (subject to hydrolysis) is 1. The van der Waals surface area contributed by atoms with Crippen molar-refractivity contribution in [2.24, 2.45) is 5.92 Å².